The second kappa shape index (κ2) is 8.11. The summed E-state index contributed by atoms with van der Waals surface area (Å²) < 4.78 is 184. The van der Waals surface area contributed by atoms with Gasteiger partial charge in [0.15, 0.2) is 20.0 Å². The number of hydrogen-bond donors (Lipinski definition) is 0. The topological polar surface area (TPSA) is 125 Å². The molecule has 168 valence electrons. The van der Waals surface area contributed by atoms with Gasteiger partial charge in [-0.1, -0.05) is 0 Å². The predicted octanol–water partition coefficient (Wildman–Crippen LogP) is -1.13. The van der Waals surface area contributed by atoms with Crippen molar-refractivity contribution in [3.8, 4) is 0 Å². The minimum Gasteiger partial charge on any atom is -0.743 e. The van der Waals surface area contributed by atoms with Crippen molar-refractivity contribution in [3.63, 3.8) is 0 Å². The van der Waals surface area contributed by atoms with Gasteiger partial charge in [0.2, 0.25) is 9.84 Å². The first-order chi connectivity index (χ1) is 12.5. The fourth-order valence-corrected chi connectivity index (χ4v) is 4.03. The molecule has 30 heavy (non-hydrogen) atoms. The van der Waals surface area contributed by atoms with Crippen LogP contribution in [0.15, 0.2) is 34.1 Å². The van der Waals surface area contributed by atoms with Crippen molar-refractivity contribution < 1.29 is 94.5 Å². The molecule has 0 spiro atoms. The van der Waals surface area contributed by atoms with Crippen molar-refractivity contribution >= 4 is 29.8 Å². The van der Waals surface area contributed by atoms with Crippen molar-refractivity contribution in [1.29, 1.82) is 0 Å². The van der Waals surface area contributed by atoms with E-state index in [-0.39, 0.29) is 41.7 Å². The van der Waals surface area contributed by atoms with Crippen LogP contribution in [-0.2, 0) is 29.8 Å². The fourth-order valence-electron chi connectivity index (χ4n) is 1.71. The van der Waals surface area contributed by atoms with E-state index in [0.29, 0.717) is 18.4 Å². The number of alkyl halides is 8. The molecule has 0 fully saturated rings. The summed E-state index contributed by atoms with van der Waals surface area (Å²) in [6.07, 6.45) is 0.575. The zero-order valence-electron chi connectivity index (χ0n) is 14.4. The van der Waals surface area contributed by atoms with Gasteiger partial charge in [-0.25, -0.2) is 25.3 Å². The Morgan fingerprint density at radius 2 is 0.967 bits per heavy atom. The van der Waals surface area contributed by atoms with E-state index >= 15 is 0 Å². The third-order valence-electron chi connectivity index (χ3n) is 3.34. The maximum atomic E-state index is 13.8. The Hall–Kier alpha value is -0.530. The Morgan fingerprint density at radius 3 is 1.27 bits per heavy atom. The molecule has 19 heteroatoms. The molecule has 1 aromatic carbocycles. The van der Waals surface area contributed by atoms with Crippen LogP contribution in [0.3, 0.4) is 0 Å². The van der Waals surface area contributed by atoms with Crippen LogP contribution >= 0.6 is 0 Å². The van der Waals surface area contributed by atoms with Crippen LogP contribution < -0.4 is 29.6 Å². The Labute approximate surface area is 186 Å². The van der Waals surface area contributed by atoms with Gasteiger partial charge >= 0.3 is 51.9 Å². The molecule has 0 aliphatic rings. The van der Waals surface area contributed by atoms with Gasteiger partial charge in [-0.05, 0) is 24.3 Å². The van der Waals surface area contributed by atoms with Gasteiger partial charge in [-0.2, -0.15) is 35.1 Å². The van der Waals surface area contributed by atoms with Crippen molar-refractivity contribution in [2.75, 3.05) is 6.26 Å². The van der Waals surface area contributed by atoms with E-state index in [1.165, 1.54) is 0 Å². The van der Waals surface area contributed by atoms with Crippen LogP contribution in [0.25, 0.3) is 0 Å². The minimum atomic E-state index is -7.66. The van der Waals surface area contributed by atoms with Gasteiger partial charge in [-0.3, -0.25) is 0 Å². The molecule has 0 saturated carbocycles. The third kappa shape index (κ3) is 4.36. The maximum Gasteiger partial charge on any atom is 1.00 e. The zero-order valence-corrected chi connectivity index (χ0v) is 18.9. The van der Waals surface area contributed by atoms with Gasteiger partial charge in [-0.15, -0.1) is 0 Å². The second-order valence-corrected chi connectivity index (χ2v) is 10.8. The molecule has 0 bridgehead atoms. The molecule has 0 unspecified atom stereocenters. The van der Waals surface area contributed by atoms with Crippen LogP contribution in [-0.4, -0.2) is 58.4 Å². The van der Waals surface area contributed by atoms with Crippen LogP contribution in [0.2, 0.25) is 0 Å². The first kappa shape index (κ1) is 29.5. The van der Waals surface area contributed by atoms with Crippen LogP contribution in [0, 0.1) is 0 Å². The first-order valence-electron chi connectivity index (χ1n) is 6.47. The molecule has 0 aromatic heterocycles. The minimum absolute atomic E-state index is 0. The molecule has 1 aromatic rings. The van der Waals surface area contributed by atoms with E-state index in [0.717, 1.165) is 0 Å². The Balaban J connectivity index is 0.00000841. The largest absolute Gasteiger partial charge is 1.00 e. The normalized spacial score (nSPS) is 14.9. The molecule has 7 nitrogen and oxygen atoms in total. The fraction of sp³-hybridized carbons (Fsp3) is 0.455. The van der Waals surface area contributed by atoms with Crippen LogP contribution in [0.4, 0.5) is 35.1 Å². The molecular formula is C11H7F8NaO7S3. The smallest absolute Gasteiger partial charge is 0.743 e. The summed E-state index contributed by atoms with van der Waals surface area (Å²) in [6, 6.07) is 0.587. The molecule has 0 amide bonds. The van der Waals surface area contributed by atoms with Gasteiger partial charge in [0, 0.05) is 6.26 Å². The van der Waals surface area contributed by atoms with Crippen molar-refractivity contribution in [2.24, 2.45) is 0 Å². The van der Waals surface area contributed by atoms with Crippen molar-refractivity contribution in [3.05, 3.63) is 24.3 Å². The summed E-state index contributed by atoms with van der Waals surface area (Å²) in [6.45, 7) is 0. The van der Waals surface area contributed by atoms with E-state index in [9.17, 15) is 64.9 Å². The molecule has 1 rings (SSSR count). The SMILES string of the molecule is CS(=O)(=O)c1ccc(S(=O)(=O)C(F)(F)C(F)(F)C(F)(F)C(F)(F)S(=O)(=O)[O-])cc1.[Na+]. The molecule has 0 radical (unpaired) electrons. The van der Waals surface area contributed by atoms with E-state index in [2.05, 4.69) is 0 Å². The zero-order chi connectivity index (χ0) is 23.5. The van der Waals surface area contributed by atoms with E-state index < -0.39 is 61.9 Å². The number of rotatable bonds is 7. The Kier molecular flexibility index (Phi) is 7.97. The quantitative estimate of drug-likeness (QED) is 0.252. The average Bonchev–Trinajstić information content (AvgIpc) is 2.52. The van der Waals surface area contributed by atoms with Gasteiger partial charge in [0.1, 0.15) is 0 Å². The monoisotopic (exact) mass is 522 g/mol. The Bertz CT molecular complexity index is 1110. The van der Waals surface area contributed by atoms with E-state index in [1.54, 1.807) is 0 Å². The molecule has 0 saturated heterocycles. The third-order valence-corrected chi connectivity index (χ3v) is 7.18. The van der Waals surface area contributed by atoms with E-state index in [1.807, 2.05) is 0 Å². The van der Waals surface area contributed by atoms with Crippen molar-refractivity contribution in [1.82, 2.24) is 0 Å². The Morgan fingerprint density at radius 1 is 0.667 bits per heavy atom. The number of hydrogen-bond acceptors (Lipinski definition) is 7. The molecule has 0 heterocycles. The van der Waals surface area contributed by atoms with Crippen LogP contribution in [0.1, 0.15) is 0 Å². The van der Waals surface area contributed by atoms with Gasteiger partial charge < -0.3 is 4.55 Å². The number of benzene rings is 1. The molecule has 0 N–H and O–H groups in total. The van der Waals surface area contributed by atoms with Crippen LogP contribution in [0.5, 0.6) is 0 Å². The maximum absolute atomic E-state index is 13.8. The summed E-state index contributed by atoms with van der Waals surface area (Å²) in [4.78, 5) is -2.60. The number of sulfone groups is 2. The number of halogens is 8. The first-order valence-corrected chi connectivity index (χ1v) is 11.3. The summed E-state index contributed by atoms with van der Waals surface area (Å²) in [5.74, 6) is -15.3. The van der Waals surface area contributed by atoms with E-state index in [4.69, 9.17) is 0 Å². The molecule has 0 atom stereocenters. The molecule has 0 aliphatic heterocycles. The summed E-state index contributed by atoms with van der Waals surface area (Å²) in [7, 11) is -18.6. The average molecular weight is 522 g/mol. The van der Waals surface area contributed by atoms with Gasteiger partial charge in [0.25, 0.3) is 0 Å². The summed E-state index contributed by atoms with van der Waals surface area (Å²) in [5.41, 5.74) is 0. The summed E-state index contributed by atoms with van der Waals surface area (Å²) >= 11 is 0. The molecule has 0 aliphatic carbocycles. The van der Waals surface area contributed by atoms with Gasteiger partial charge in [0.05, 0.1) is 9.79 Å². The van der Waals surface area contributed by atoms with Crippen molar-refractivity contribution in [2.45, 2.75) is 32.1 Å². The molecular weight excluding hydrogens is 515 g/mol. The predicted molar refractivity (Wildman–Crippen MR) is 76.2 cm³/mol. The summed E-state index contributed by atoms with van der Waals surface area (Å²) in [5, 5.41) is -14.4. The standard InChI is InChI=1S/C11H8F8O7S3.Na/c1-27(20,21)6-2-4-7(5-3-6)28(22,23)10(16,17)8(12,13)9(14,15)11(18,19)29(24,25)26;/h2-5H,1H3,(H,24,25,26);/q;+1/p-1. The second-order valence-electron chi connectivity index (χ2n) is 5.38.